The summed E-state index contributed by atoms with van der Waals surface area (Å²) < 4.78 is 7.92. The van der Waals surface area contributed by atoms with Crippen LogP contribution in [0.3, 0.4) is 0 Å². The van der Waals surface area contributed by atoms with Crippen LogP contribution in [-0.2, 0) is 33.7 Å². The number of nitrogens with zero attached hydrogens (tertiary/aromatic N) is 3. The quantitative estimate of drug-likeness (QED) is 0.157. The van der Waals surface area contributed by atoms with Crippen molar-refractivity contribution in [3.8, 4) is 11.1 Å². The molecule has 0 N–H and O–H groups in total. The van der Waals surface area contributed by atoms with Crippen molar-refractivity contribution >= 4 is 30.0 Å². The monoisotopic (exact) mass is 595 g/mol. The van der Waals surface area contributed by atoms with E-state index in [0.717, 1.165) is 65.9 Å². The Kier molecular flexibility index (Phi) is 10.5. The molecule has 1 aromatic heterocycles. The Morgan fingerprint density at radius 2 is 1.75 bits per heavy atom. The number of carbonyl (C=O) groups excluding carboxylic acids is 3. The normalized spacial score (nSPS) is 15.1. The van der Waals surface area contributed by atoms with Crippen molar-refractivity contribution in [3.05, 3.63) is 82.9 Å². The van der Waals surface area contributed by atoms with E-state index in [4.69, 9.17) is 9.72 Å². The number of unbranched alkanes of at least 4 members (excludes halogenated alkanes) is 1. The van der Waals surface area contributed by atoms with Crippen molar-refractivity contribution in [2.24, 2.45) is 10.4 Å². The van der Waals surface area contributed by atoms with Gasteiger partial charge in [0.25, 0.3) is 0 Å². The zero-order chi connectivity index (χ0) is 31.9. The number of ether oxygens (including phenoxy) is 1. The van der Waals surface area contributed by atoms with Crippen LogP contribution < -0.4 is 0 Å². The molecule has 2 aromatic carbocycles. The van der Waals surface area contributed by atoms with Gasteiger partial charge in [-0.05, 0) is 73.9 Å². The number of benzene rings is 2. The molecule has 4 rings (SSSR count). The number of fused-ring (bicyclic) bond motifs is 1. The van der Waals surface area contributed by atoms with Crippen molar-refractivity contribution in [2.75, 3.05) is 0 Å². The molecule has 3 aromatic rings. The number of allylic oxidation sites excluding steroid dienone is 1. The van der Waals surface area contributed by atoms with Crippen LogP contribution in [0.4, 0.5) is 0 Å². The van der Waals surface area contributed by atoms with Crippen LogP contribution in [0.15, 0.2) is 59.6 Å². The number of hydrogen-bond acceptors (Lipinski definition) is 5. The van der Waals surface area contributed by atoms with Gasteiger partial charge in [0.15, 0.2) is 0 Å². The van der Waals surface area contributed by atoms with E-state index in [9.17, 15) is 14.4 Å². The Balaban J connectivity index is 1.59. The van der Waals surface area contributed by atoms with Gasteiger partial charge in [0, 0.05) is 32.2 Å². The molecule has 1 aliphatic carbocycles. The Morgan fingerprint density at radius 3 is 2.41 bits per heavy atom. The van der Waals surface area contributed by atoms with Gasteiger partial charge in [-0.2, -0.15) is 0 Å². The van der Waals surface area contributed by atoms with Crippen molar-refractivity contribution < 1.29 is 19.1 Å². The highest BCUT2D eigenvalue weighted by Crippen LogP contribution is 2.30. The number of imidazole rings is 1. The van der Waals surface area contributed by atoms with Gasteiger partial charge >= 0.3 is 5.97 Å². The van der Waals surface area contributed by atoms with Crippen molar-refractivity contribution in [1.29, 1.82) is 0 Å². The van der Waals surface area contributed by atoms with E-state index in [1.807, 2.05) is 77.1 Å². The third-order valence-electron chi connectivity index (χ3n) is 8.15. The highest BCUT2D eigenvalue weighted by molar-refractivity contribution is 6.07. The van der Waals surface area contributed by atoms with Crippen molar-refractivity contribution in [2.45, 2.75) is 98.6 Å². The summed E-state index contributed by atoms with van der Waals surface area (Å²) in [5.41, 5.74) is 5.16. The fourth-order valence-corrected chi connectivity index (χ4v) is 5.40. The fraction of sp³-hybridized carbons (Fsp3) is 0.432. The molecule has 0 radical (unpaired) electrons. The van der Waals surface area contributed by atoms with Crippen LogP contribution in [-0.4, -0.2) is 39.0 Å². The Labute approximate surface area is 261 Å². The van der Waals surface area contributed by atoms with Gasteiger partial charge in [-0.25, -0.2) is 14.8 Å². The maximum absolute atomic E-state index is 12.9. The number of esters is 1. The third-order valence-corrected chi connectivity index (χ3v) is 8.15. The summed E-state index contributed by atoms with van der Waals surface area (Å²) in [7, 11) is 0. The number of rotatable bonds is 12. The lowest BCUT2D eigenvalue weighted by Gasteiger charge is -2.23. The average Bonchev–Trinajstić information content (AvgIpc) is 3.31. The number of hydrogen-bond donors (Lipinski definition) is 0. The van der Waals surface area contributed by atoms with Crippen LogP contribution in [0.5, 0.6) is 0 Å². The minimum absolute atomic E-state index is 0.196. The lowest BCUT2D eigenvalue weighted by molar-refractivity contribution is -0.120. The van der Waals surface area contributed by atoms with Crippen molar-refractivity contribution in [1.82, 2.24) is 9.55 Å². The van der Waals surface area contributed by atoms with E-state index in [1.54, 1.807) is 6.07 Å². The Morgan fingerprint density at radius 1 is 1.02 bits per heavy atom. The molecule has 0 aliphatic heterocycles. The molecule has 7 heteroatoms. The summed E-state index contributed by atoms with van der Waals surface area (Å²) in [5.74, 6) is 0.492. The molecule has 1 unspecified atom stereocenters. The van der Waals surface area contributed by atoms with Gasteiger partial charge in [0.1, 0.15) is 17.7 Å². The SMILES string of the molecule is CCCCc1nc2c(n1Cc1ccc(-c3ccccc3C(=O)OC(C)(C)C)cc1)CC(=NC(=O)CC(C)(CC)CC=O)C=C2. The van der Waals surface area contributed by atoms with E-state index in [2.05, 4.69) is 28.6 Å². The van der Waals surface area contributed by atoms with E-state index in [1.165, 1.54) is 0 Å². The van der Waals surface area contributed by atoms with Gasteiger partial charge in [-0.1, -0.05) is 69.7 Å². The van der Waals surface area contributed by atoms with Crippen LogP contribution >= 0.6 is 0 Å². The molecule has 0 spiro atoms. The number of aromatic nitrogens is 2. The number of carbonyl (C=O) groups is 3. The van der Waals surface area contributed by atoms with Crippen LogP contribution in [0.2, 0.25) is 0 Å². The van der Waals surface area contributed by atoms with E-state index in [-0.39, 0.29) is 23.7 Å². The predicted octanol–water partition coefficient (Wildman–Crippen LogP) is 7.83. The Bertz CT molecular complexity index is 1560. The summed E-state index contributed by atoms with van der Waals surface area (Å²) in [6.45, 7) is 12.4. The minimum atomic E-state index is -0.576. The van der Waals surface area contributed by atoms with E-state index in [0.29, 0.717) is 30.7 Å². The van der Waals surface area contributed by atoms with E-state index >= 15 is 0 Å². The smallest absolute Gasteiger partial charge is 0.339 e. The maximum Gasteiger partial charge on any atom is 0.339 e. The first-order valence-corrected chi connectivity index (χ1v) is 15.7. The van der Waals surface area contributed by atoms with Gasteiger partial charge in [-0.3, -0.25) is 4.79 Å². The number of aliphatic imine (C=N–C) groups is 1. The van der Waals surface area contributed by atoms with Gasteiger partial charge in [-0.15, -0.1) is 0 Å². The fourth-order valence-electron chi connectivity index (χ4n) is 5.40. The Hall–Kier alpha value is -4.13. The number of aryl methyl sites for hydroxylation is 1. The summed E-state index contributed by atoms with van der Waals surface area (Å²) in [6, 6.07) is 15.8. The summed E-state index contributed by atoms with van der Waals surface area (Å²) in [6.07, 6.45) is 9.55. The van der Waals surface area contributed by atoms with Gasteiger partial charge < -0.3 is 14.1 Å². The second kappa shape index (κ2) is 14.1. The van der Waals surface area contributed by atoms with Gasteiger partial charge in [0.05, 0.1) is 22.7 Å². The van der Waals surface area contributed by atoms with Gasteiger partial charge in [0.2, 0.25) is 5.91 Å². The lowest BCUT2D eigenvalue weighted by Crippen LogP contribution is -2.24. The maximum atomic E-state index is 12.9. The van der Waals surface area contributed by atoms with Crippen LogP contribution in [0.1, 0.15) is 107 Å². The molecule has 44 heavy (non-hydrogen) atoms. The summed E-state index contributed by atoms with van der Waals surface area (Å²) >= 11 is 0. The first-order chi connectivity index (χ1) is 20.9. The molecule has 0 saturated heterocycles. The molecule has 232 valence electrons. The highest BCUT2D eigenvalue weighted by Gasteiger charge is 2.26. The number of aldehydes is 1. The molecule has 0 fully saturated rings. The average molecular weight is 596 g/mol. The summed E-state index contributed by atoms with van der Waals surface area (Å²) in [5, 5.41) is 0. The molecule has 1 amide bonds. The largest absolute Gasteiger partial charge is 0.456 e. The topological polar surface area (TPSA) is 90.6 Å². The molecule has 0 bridgehead atoms. The third kappa shape index (κ3) is 8.28. The highest BCUT2D eigenvalue weighted by atomic mass is 16.6. The van der Waals surface area contributed by atoms with Crippen LogP contribution in [0.25, 0.3) is 17.2 Å². The molecule has 1 aliphatic rings. The lowest BCUT2D eigenvalue weighted by atomic mass is 9.81. The summed E-state index contributed by atoms with van der Waals surface area (Å²) in [4.78, 5) is 46.4. The van der Waals surface area contributed by atoms with Crippen LogP contribution in [0, 0.1) is 5.41 Å². The minimum Gasteiger partial charge on any atom is -0.456 e. The molecular weight excluding hydrogens is 550 g/mol. The molecular formula is C37H45N3O4. The standard InChI is InChI=1S/C37H45N3O4/c1-7-9-14-33-39-31-20-19-28(38-34(42)24-37(6,8-2)21-22-41)23-32(31)40(33)25-26-15-17-27(18-16-26)29-12-10-11-13-30(29)35(43)44-36(3,4)5/h10-13,15-20,22H,7-9,14,21,23-25H2,1-6H3. The second-order valence-electron chi connectivity index (χ2n) is 13.0. The predicted molar refractivity (Wildman–Crippen MR) is 176 cm³/mol. The molecule has 7 nitrogen and oxygen atoms in total. The molecule has 1 atom stereocenters. The molecule has 0 saturated carbocycles. The number of amides is 1. The first kappa shape index (κ1) is 32.8. The van der Waals surface area contributed by atoms with E-state index < -0.39 is 5.60 Å². The second-order valence-corrected chi connectivity index (χ2v) is 13.0. The first-order valence-electron chi connectivity index (χ1n) is 15.7. The zero-order valence-electron chi connectivity index (χ0n) is 27.0. The molecule has 1 heterocycles. The van der Waals surface area contributed by atoms with Crippen molar-refractivity contribution in [3.63, 3.8) is 0 Å². The zero-order valence-corrected chi connectivity index (χ0v) is 27.0.